The van der Waals surface area contributed by atoms with Crippen molar-refractivity contribution < 1.29 is 18.0 Å². The highest BCUT2D eigenvalue weighted by Gasteiger charge is 2.31. The van der Waals surface area contributed by atoms with E-state index in [4.69, 9.17) is 11.6 Å². The quantitative estimate of drug-likeness (QED) is 0.617. The molecule has 0 radical (unpaired) electrons. The molecule has 7 nitrogen and oxygen atoms in total. The van der Waals surface area contributed by atoms with Gasteiger partial charge in [-0.2, -0.15) is 4.31 Å². The van der Waals surface area contributed by atoms with Crippen molar-refractivity contribution in [1.29, 1.82) is 0 Å². The molecule has 2 aromatic rings. The Morgan fingerprint density at radius 2 is 1.71 bits per heavy atom. The summed E-state index contributed by atoms with van der Waals surface area (Å²) in [7, 11) is -1.02. The fraction of sp³-hybridized carbons (Fsp3) is 0.364. The Balaban J connectivity index is 2.32. The molecule has 0 saturated heterocycles. The highest BCUT2D eigenvalue weighted by Crippen LogP contribution is 2.21. The highest BCUT2D eigenvalue weighted by molar-refractivity contribution is 7.89. The van der Waals surface area contributed by atoms with Gasteiger partial charge in [0.15, 0.2) is 0 Å². The molecule has 2 aromatic carbocycles. The number of amides is 2. The number of nitrogens with zero attached hydrogens (tertiary/aromatic N) is 2. The number of aryl methyl sites for hydroxylation is 1. The van der Waals surface area contributed by atoms with Crippen LogP contribution in [-0.4, -0.2) is 56.1 Å². The number of halogens is 1. The van der Waals surface area contributed by atoms with E-state index in [1.165, 1.54) is 31.1 Å². The molecule has 9 heteroatoms. The predicted octanol–water partition coefficient (Wildman–Crippen LogP) is 2.82. The zero-order chi connectivity index (χ0) is 23.2. The second-order valence-corrected chi connectivity index (χ2v) is 9.68. The Morgan fingerprint density at radius 1 is 1.10 bits per heavy atom. The summed E-state index contributed by atoms with van der Waals surface area (Å²) in [6.45, 7) is 3.33. The zero-order valence-corrected chi connectivity index (χ0v) is 19.7. The van der Waals surface area contributed by atoms with Crippen molar-refractivity contribution in [2.24, 2.45) is 0 Å². The second-order valence-electron chi connectivity index (χ2n) is 7.23. The molecule has 0 fully saturated rings. The van der Waals surface area contributed by atoms with E-state index in [0.29, 0.717) is 17.0 Å². The molecule has 0 aliphatic heterocycles. The van der Waals surface area contributed by atoms with Crippen LogP contribution in [0.5, 0.6) is 0 Å². The minimum atomic E-state index is -3.86. The number of nitrogens with one attached hydrogen (secondary N) is 1. The van der Waals surface area contributed by atoms with Gasteiger partial charge < -0.3 is 10.2 Å². The third-order valence-electron chi connectivity index (χ3n) is 5.02. The summed E-state index contributed by atoms with van der Waals surface area (Å²) in [6, 6.07) is 12.7. The largest absolute Gasteiger partial charge is 0.357 e. The molecule has 2 amide bonds. The molecule has 168 valence electrons. The van der Waals surface area contributed by atoms with Crippen LogP contribution in [0.4, 0.5) is 0 Å². The summed E-state index contributed by atoms with van der Waals surface area (Å²) in [4.78, 5) is 27.1. The fourth-order valence-corrected chi connectivity index (χ4v) is 4.47. The Hall–Kier alpha value is -2.42. The van der Waals surface area contributed by atoms with Gasteiger partial charge in [-0.1, -0.05) is 54.4 Å². The molecule has 0 bridgehead atoms. The summed E-state index contributed by atoms with van der Waals surface area (Å²) < 4.78 is 26.8. The van der Waals surface area contributed by atoms with Gasteiger partial charge in [-0.3, -0.25) is 9.59 Å². The number of rotatable bonds is 9. The zero-order valence-electron chi connectivity index (χ0n) is 18.1. The molecule has 31 heavy (non-hydrogen) atoms. The lowest BCUT2D eigenvalue weighted by Crippen LogP contribution is -2.51. The summed E-state index contributed by atoms with van der Waals surface area (Å²) in [6.07, 6.45) is 0.365. The maximum atomic E-state index is 13.2. The summed E-state index contributed by atoms with van der Waals surface area (Å²) in [5, 5.41) is 3.03. The minimum absolute atomic E-state index is 0.0862. The van der Waals surface area contributed by atoms with Crippen LogP contribution in [0.15, 0.2) is 53.4 Å². The van der Waals surface area contributed by atoms with Crippen molar-refractivity contribution in [3.05, 3.63) is 64.7 Å². The van der Waals surface area contributed by atoms with E-state index in [1.807, 2.05) is 6.92 Å². The van der Waals surface area contributed by atoms with Gasteiger partial charge in [-0.25, -0.2) is 8.42 Å². The van der Waals surface area contributed by atoms with Crippen LogP contribution in [0.3, 0.4) is 0 Å². The molecule has 0 aliphatic rings. The molecule has 1 N–H and O–H groups in total. The van der Waals surface area contributed by atoms with E-state index in [0.717, 1.165) is 9.87 Å². The van der Waals surface area contributed by atoms with Crippen LogP contribution >= 0.6 is 11.6 Å². The Kier molecular flexibility index (Phi) is 8.61. The third kappa shape index (κ3) is 6.06. The van der Waals surface area contributed by atoms with Gasteiger partial charge in [-0.15, -0.1) is 0 Å². The molecule has 1 unspecified atom stereocenters. The maximum Gasteiger partial charge on any atom is 0.243 e. The van der Waals surface area contributed by atoms with Crippen LogP contribution in [0.2, 0.25) is 5.02 Å². The highest BCUT2D eigenvalue weighted by atomic mass is 35.5. The van der Waals surface area contributed by atoms with Gasteiger partial charge in [-0.05, 0) is 37.1 Å². The fourth-order valence-electron chi connectivity index (χ4n) is 3.15. The Bertz CT molecular complexity index is 1030. The van der Waals surface area contributed by atoms with Crippen molar-refractivity contribution in [2.75, 3.05) is 20.6 Å². The third-order valence-corrected chi connectivity index (χ3v) is 7.20. The number of likely N-dealkylation sites (N-methyl/N-ethyl adjacent to an activating group) is 2. The first-order chi connectivity index (χ1) is 14.6. The van der Waals surface area contributed by atoms with Gasteiger partial charge in [0, 0.05) is 25.7 Å². The van der Waals surface area contributed by atoms with E-state index in [2.05, 4.69) is 5.32 Å². The van der Waals surface area contributed by atoms with Crippen molar-refractivity contribution in [3.63, 3.8) is 0 Å². The van der Waals surface area contributed by atoms with Gasteiger partial charge in [0.2, 0.25) is 21.8 Å². The predicted molar refractivity (Wildman–Crippen MR) is 121 cm³/mol. The van der Waals surface area contributed by atoms with Gasteiger partial charge in [0.1, 0.15) is 6.04 Å². The van der Waals surface area contributed by atoms with Crippen LogP contribution in [0.1, 0.15) is 24.5 Å². The van der Waals surface area contributed by atoms with Crippen molar-refractivity contribution in [3.8, 4) is 0 Å². The smallest absolute Gasteiger partial charge is 0.243 e. The second kappa shape index (κ2) is 10.7. The topological polar surface area (TPSA) is 86.8 Å². The van der Waals surface area contributed by atoms with E-state index in [9.17, 15) is 18.0 Å². The summed E-state index contributed by atoms with van der Waals surface area (Å²) in [5.74, 6) is -0.819. The van der Waals surface area contributed by atoms with Crippen LogP contribution in [-0.2, 0) is 26.2 Å². The number of carbonyl (C=O) groups excluding carboxylic acids is 2. The first-order valence-corrected chi connectivity index (χ1v) is 11.7. The lowest BCUT2D eigenvalue weighted by atomic mass is 10.1. The van der Waals surface area contributed by atoms with Crippen molar-refractivity contribution in [1.82, 2.24) is 14.5 Å². The monoisotopic (exact) mass is 465 g/mol. The molecule has 1 atom stereocenters. The summed E-state index contributed by atoms with van der Waals surface area (Å²) >= 11 is 6.26. The lowest BCUT2D eigenvalue weighted by molar-refractivity contribution is -0.141. The molecule has 0 heterocycles. The molecule has 0 spiro atoms. The number of benzene rings is 2. The van der Waals surface area contributed by atoms with E-state index >= 15 is 0 Å². The molecular formula is C22H28ClN3O4S. The van der Waals surface area contributed by atoms with E-state index in [1.54, 1.807) is 43.3 Å². The number of sulfonamides is 1. The van der Waals surface area contributed by atoms with Crippen LogP contribution in [0.25, 0.3) is 0 Å². The molecule has 0 saturated carbocycles. The molecule has 0 aromatic heterocycles. The number of carbonyl (C=O) groups is 2. The van der Waals surface area contributed by atoms with E-state index in [-0.39, 0.29) is 17.3 Å². The van der Waals surface area contributed by atoms with E-state index < -0.39 is 28.5 Å². The van der Waals surface area contributed by atoms with Crippen LogP contribution < -0.4 is 5.32 Å². The number of hydrogen-bond acceptors (Lipinski definition) is 4. The van der Waals surface area contributed by atoms with Gasteiger partial charge in [0.05, 0.1) is 11.4 Å². The van der Waals surface area contributed by atoms with Crippen molar-refractivity contribution >= 4 is 33.4 Å². The Labute approximate surface area is 189 Å². The average Bonchev–Trinajstić information content (AvgIpc) is 2.74. The molecular weight excluding hydrogens is 438 g/mol. The molecule has 0 aliphatic carbocycles. The van der Waals surface area contributed by atoms with Crippen molar-refractivity contribution in [2.45, 2.75) is 37.8 Å². The number of hydrogen-bond donors (Lipinski definition) is 1. The van der Waals surface area contributed by atoms with Gasteiger partial charge in [0.25, 0.3) is 0 Å². The normalized spacial score (nSPS) is 12.5. The summed E-state index contributed by atoms with van der Waals surface area (Å²) in [5.41, 5.74) is 1.60. The minimum Gasteiger partial charge on any atom is -0.357 e. The maximum absolute atomic E-state index is 13.2. The Morgan fingerprint density at radius 3 is 2.26 bits per heavy atom. The SMILES string of the molecule is CCC(C(=O)NC)N(Cc1ccccc1Cl)C(=O)CN(C)S(=O)(=O)c1ccc(C)cc1. The lowest BCUT2D eigenvalue weighted by Gasteiger charge is -2.31. The molecule has 2 rings (SSSR count). The standard InChI is InChI=1S/C22H28ClN3O4S/c1-5-20(22(28)24-3)26(14-17-8-6-7-9-19(17)23)21(27)15-25(4)31(29,30)18-12-10-16(2)11-13-18/h6-13,20H,5,14-15H2,1-4H3,(H,24,28). The van der Waals surface area contributed by atoms with Gasteiger partial charge >= 0.3 is 0 Å². The average molecular weight is 466 g/mol. The first-order valence-electron chi connectivity index (χ1n) is 9.89. The first kappa shape index (κ1) is 24.8. The van der Waals surface area contributed by atoms with Crippen LogP contribution in [0, 0.1) is 6.92 Å².